The van der Waals surface area contributed by atoms with Crippen LogP contribution >= 0.6 is 11.8 Å². The number of carbonyl (C=O) groups is 1. The van der Waals surface area contributed by atoms with Crippen LogP contribution in [0.25, 0.3) is 10.8 Å². The average molecular weight is 462 g/mol. The Balaban J connectivity index is 0.000000968. The minimum Gasteiger partial charge on any atom is -0.483 e. The third kappa shape index (κ3) is 6.45. The first-order chi connectivity index (χ1) is 15.9. The summed E-state index contributed by atoms with van der Waals surface area (Å²) in [4.78, 5) is 10.7. The first-order valence-electron chi connectivity index (χ1n) is 11.0. The molecule has 0 atom stereocenters. The monoisotopic (exact) mass is 461 g/mol. The van der Waals surface area contributed by atoms with Gasteiger partial charge in [0.1, 0.15) is 0 Å². The first-order valence-corrected chi connectivity index (χ1v) is 12.0. The Morgan fingerprint density at radius 2 is 1.67 bits per heavy atom. The maximum absolute atomic E-state index is 8.36. The molecule has 3 aromatic carbocycles. The van der Waals surface area contributed by atoms with Crippen molar-refractivity contribution in [2.45, 2.75) is 44.3 Å². The summed E-state index contributed by atoms with van der Waals surface area (Å²) >= 11 is 1.90. The third-order valence-electron chi connectivity index (χ3n) is 5.32. The minimum absolute atomic E-state index is 0.130. The van der Waals surface area contributed by atoms with E-state index < -0.39 is 0 Å². The number of fused-ring (bicyclic) bond motifs is 1. The molecular weight excluding hydrogens is 430 g/mol. The van der Waals surface area contributed by atoms with Crippen molar-refractivity contribution in [3.8, 4) is 0 Å². The maximum Gasteiger partial charge on any atom is 0.290 e. The maximum atomic E-state index is 8.36. The van der Waals surface area contributed by atoms with Gasteiger partial charge in [-0.1, -0.05) is 81.4 Å². The smallest absolute Gasteiger partial charge is 0.290 e. The summed E-state index contributed by atoms with van der Waals surface area (Å²) in [7, 11) is 0. The van der Waals surface area contributed by atoms with Crippen molar-refractivity contribution in [2.24, 2.45) is 10.2 Å². The second-order valence-electron chi connectivity index (χ2n) is 8.84. The van der Waals surface area contributed by atoms with Gasteiger partial charge in [0.25, 0.3) is 6.47 Å². The van der Waals surface area contributed by atoms with Gasteiger partial charge < -0.3 is 10.0 Å². The number of rotatable bonds is 6. The van der Waals surface area contributed by atoms with E-state index in [0.717, 1.165) is 23.0 Å². The van der Waals surface area contributed by atoms with Crippen molar-refractivity contribution < 1.29 is 9.90 Å². The Morgan fingerprint density at radius 1 is 1.06 bits per heavy atom. The number of thioether (sulfide) groups is 1. The summed E-state index contributed by atoms with van der Waals surface area (Å²) in [5.41, 5.74) is 3.67. The van der Waals surface area contributed by atoms with Crippen LogP contribution in [0.3, 0.4) is 0 Å². The second kappa shape index (κ2) is 11.1. The van der Waals surface area contributed by atoms with E-state index in [0.29, 0.717) is 5.92 Å². The van der Waals surface area contributed by atoms with Crippen molar-refractivity contribution in [3.05, 3.63) is 77.9 Å². The van der Waals surface area contributed by atoms with Gasteiger partial charge in [0.05, 0.1) is 11.6 Å². The van der Waals surface area contributed by atoms with Gasteiger partial charge in [0, 0.05) is 22.4 Å². The van der Waals surface area contributed by atoms with E-state index in [9.17, 15) is 0 Å². The van der Waals surface area contributed by atoms with Gasteiger partial charge in [-0.05, 0) is 35.8 Å². The summed E-state index contributed by atoms with van der Waals surface area (Å²) in [5.74, 6) is 2.31. The molecule has 5 nitrogen and oxygen atoms in total. The summed E-state index contributed by atoms with van der Waals surface area (Å²) in [5, 5.41) is 17.9. The first kappa shape index (κ1) is 24.5. The number of amidine groups is 1. The van der Waals surface area contributed by atoms with Gasteiger partial charge in [-0.3, -0.25) is 4.79 Å². The van der Waals surface area contributed by atoms with Crippen molar-refractivity contribution in [1.82, 2.24) is 0 Å². The Morgan fingerprint density at radius 3 is 2.24 bits per heavy atom. The molecule has 0 unspecified atom stereocenters. The zero-order valence-corrected chi connectivity index (χ0v) is 20.3. The highest BCUT2D eigenvalue weighted by molar-refractivity contribution is 8.00. The van der Waals surface area contributed by atoms with Crippen LogP contribution in [0.1, 0.15) is 50.7 Å². The lowest BCUT2D eigenvalue weighted by atomic mass is 9.99. The minimum atomic E-state index is -0.250. The Labute approximate surface area is 200 Å². The fourth-order valence-corrected chi connectivity index (χ4v) is 4.49. The van der Waals surface area contributed by atoms with Crippen molar-refractivity contribution in [3.63, 3.8) is 0 Å². The number of hydrogen-bond donors (Lipinski definition) is 1. The van der Waals surface area contributed by atoms with E-state index in [-0.39, 0.29) is 11.2 Å². The van der Waals surface area contributed by atoms with Crippen molar-refractivity contribution in [2.75, 3.05) is 10.8 Å². The highest BCUT2D eigenvalue weighted by Crippen LogP contribution is 2.45. The second-order valence-corrected chi connectivity index (χ2v) is 10.6. The fraction of sp³-hybridized carbons (Fsp3) is 0.296. The van der Waals surface area contributed by atoms with Crippen molar-refractivity contribution >= 4 is 47.2 Å². The van der Waals surface area contributed by atoms with E-state index in [1.807, 2.05) is 30.0 Å². The van der Waals surface area contributed by atoms with E-state index in [4.69, 9.17) is 9.90 Å². The average Bonchev–Trinajstić information content (AvgIpc) is 3.64. The van der Waals surface area contributed by atoms with Gasteiger partial charge in [-0.25, -0.2) is 0 Å². The zero-order chi connectivity index (χ0) is 23.8. The molecule has 0 bridgehead atoms. The molecule has 0 radical (unpaired) electrons. The Bertz CT molecular complexity index is 1120. The molecule has 0 spiro atoms. The summed E-state index contributed by atoms with van der Waals surface area (Å²) < 4.78 is 0.130. The number of nitrogens with zero attached hydrogens (tertiary/aromatic N) is 3. The molecule has 0 amide bonds. The van der Waals surface area contributed by atoms with Gasteiger partial charge >= 0.3 is 0 Å². The molecule has 6 heteroatoms. The Kier molecular flexibility index (Phi) is 8.28. The van der Waals surface area contributed by atoms with E-state index >= 15 is 0 Å². The lowest BCUT2D eigenvalue weighted by Crippen LogP contribution is -2.33. The number of hydrogen-bond acceptors (Lipinski definition) is 4. The lowest BCUT2D eigenvalue weighted by molar-refractivity contribution is -0.122. The van der Waals surface area contributed by atoms with Crippen LogP contribution < -0.4 is 4.90 Å². The number of carboxylic acid groups (broad SMARTS) is 1. The van der Waals surface area contributed by atoms with E-state index in [2.05, 4.69) is 91.1 Å². The summed E-state index contributed by atoms with van der Waals surface area (Å²) in [6, 6.07) is 23.6. The van der Waals surface area contributed by atoms with Gasteiger partial charge in [-0.2, -0.15) is 5.10 Å². The molecule has 1 saturated carbocycles. The molecule has 1 aliphatic carbocycles. The van der Waals surface area contributed by atoms with Crippen LogP contribution in [-0.2, 0) is 4.79 Å². The molecule has 3 aromatic rings. The van der Waals surface area contributed by atoms with Gasteiger partial charge in [-0.15, -0.1) is 16.9 Å². The highest BCUT2D eigenvalue weighted by atomic mass is 32.2. The highest BCUT2D eigenvalue weighted by Gasteiger charge is 2.27. The molecular formula is C27H31N3O2S. The molecule has 33 heavy (non-hydrogen) atoms. The van der Waals surface area contributed by atoms with Crippen LogP contribution in [0, 0.1) is 0 Å². The van der Waals surface area contributed by atoms with Crippen LogP contribution in [0.4, 0.5) is 5.69 Å². The summed E-state index contributed by atoms with van der Waals surface area (Å²) in [6.45, 7) is 10.1. The topological polar surface area (TPSA) is 65.3 Å². The summed E-state index contributed by atoms with van der Waals surface area (Å²) in [6.07, 6.45) is 2.59. The van der Waals surface area contributed by atoms with Gasteiger partial charge in [0.2, 0.25) is 0 Å². The van der Waals surface area contributed by atoms with E-state index in [1.54, 1.807) is 0 Å². The van der Waals surface area contributed by atoms with Crippen LogP contribution in [0.5, 0.6) is 0 Å². The lowest BCUT2D eigenvalue weighted by Gasteiger charge is -2.30. The van der Waals surface area contributed by atoms with Gasteiger partial charge in [0.15, 0.2) is 5.84 Å². The molecule has 0 aliphatic heterocycles. The molecule has 1 fully saturated rings. The Hall–Kier alpha value is -3.12. The molecule has 4 rings (SSSR count). The molecule has 0 aromatic heterocycles. The standard InChI is InChI=1S/C26H29N3S.CH2O2/c1-26(2,3)30-18-29(25(28-27-4)20-10-6-5-7-11-20)24-17-16-21(19-14-15-19)22-12-8-9-13-23(22)24;2-1-3/h5-13,16-17,19H,4,14-15,18H2,1-3H3;1H,(H,2,3)/b28-25-;. The molecule has 1 aliphatic rings. The predicted molar refractivity (Wildman–Crippen MR) is 142 cm³/mol. The normalized spacial score (nSPS) is 13.7. The number of anilines is 1. The van der Waals surface area contributed by atoms with Crippen LogP contribution in [0.15, 0.2) is 76.9 Å². The molecule has 172 valence electrons. The predicted octanol–water partition coefficient (Wildman–Crippen LogP) is 6.78. The third-order valence-corrected chi connectivity index (χ3v) is 6.58. The SMILES string of the molecule is C=N/N=C(/c1ccccc1)N(CSC(C)(C)C)c1ccc(C2CC2)c2ccccc12.O=CO. The largest absolute Gasteiger partial charge is 0.483 e. The van der Waals surface area contributed by atoms with Crippen molar-refractivity contribution in [1.29, 1.82) is 0 Å². The van der Waals surface area contributed by atoms with Crippen LogP contribution in [0.2, 0.25) is 0 Å². The zero-order valence-electron chi connectivity index (χ0n) is 19.4. The van der Waals surface area contributed by atoms with Crippen LogP contribution in [-0.4, -0.2) is 34.8 Å². The fourth-order valence-electron chi connectivity index (χ4n) is 3.72. The molecule has 1 N–H and O–H groups in total. The number of benzene rings is 3. The molecule has 0 saturated heterocycles. The molecule has 0 heterocycles. The quantitative estimate of drug-likeness (QED) is 0.145. The van der Waals surface area contributed by atoms with E-state index in [1.165, 1.54) is 29.2 Å².